The predicted octanol–water partition coefficient (Wildman–Crippen LogP) is 11.9. The van der Waals surface area contributed by atoms with Crippen molar-refractivity contribution in [2.75, 3.05) is 4.90 Å². The third kappa shape index (κ3) is 4.24. The highest BCUT2D eigenvalue weighted by Gasteiger charge is 2.38. The largest absolute Gasteiger partial charge is 0.310 e. The van der Waals surface area contributed by atoms with E-state index in [4.69, 9.17) is 0 Å². The summed E-state index contributed by atoms with van der Waals surface area (Å²) in [6, 6.07) is 59.5. The van der Waals surface area contributed by atoms with Crippen LogP contribution in [-0.4, -0.2) is 0 Å². The fourth-order valence-corrected chi connectivity index (χ4v) is 7.13. The van der Waals surface area contributed by atoms with Crippen LogP contribution in [0.3, 0.4) is 0 Å². The van der Waals surface area contributed by atoms with Crippen LogP contribution in [0.25, 0.3) is 44.2 Å². The van der Waals surface area contributed by atoms with E-state index in [-0.39, 0.29) is 5.41 Å². The van der Waals surface area contributed by atoms with Gasteiger partial charge in [-0.1, -0.05) is 141 Å². The maximum Gasteiger partial charge on any atom is 0.0546 e. The molecule has 0 aliphatic heterocycles. The lowest BCUT2D eigenvalue weighted by molar-refractivity contribution is 0.666. The van der Waals surface area contributed by atoms with Crippen molar-refractivity contribution in [1.29, 1.82) is 0 Å². The normalized spacial score (nSPS) is 13.0. The van der Waals surface area contributed by atoms with E-state index in [1.54, 1.807) is 0 Å². The molecule has 0 radical (unpaired) electrons. The summed E-state index contributed by atoms with van der Waals surface area (Å²) in [4.78, 5) is 2.43. The van der Waals surface area contributed by atoms with Crippen LogP contribution in [0.2, 0.25) is 0 Å². The SMILES string of the molecule is CC1(C)c2cc(-c3ccccc3)ccc2-c2cc(N(c3ccccc3)c3cccc(-c4ccccc4)c3)c3ccccc3c21. The van der Waals surface area contributed by atoms with Crippen molar-refractivity contribution in [2.24, 2.45) is 0 Å². The lowest BCUT2D eigenvalue weighted by atomic mass is 9.79. The van der Waals surface area contributed by atoms with Gasteiger partial charge in [-0.3, -0.25) is 0 Å². The average molecular weight is 564 g/mol. The van der Waals surface area contributed by atoms with Crippen molar-refractivity contribution in [3.8, 4) is 33.4 Å². The molecule has 8 rings (SSSR count). The molecule has 0 fully saturated rings. The summed E-state index contributed by atoms with van der Waals surface area (Å²) in [6.45, 7) is 4.77. The highest BCUT2D eigenvalue weighted by atomic mass is 15.1. The Balaban J connectivity index is 1.38. The Morgan fingerprint density at radius 3 is 1.64 bits per heavy atom. The number of benzene rings is 7. The zero-order chi connectivity index (χ0) is 29.7. The molecular weight excluding hydrogens is 530 g/mol. The van der Waals surface area contributed by atoms with Crippen LogP contribution in [0.5, 0.6) is 0 Å². The van der Waals surface area contributed by atoms with Gasteiger partial charge in [0.25, 0.3) is 0 Å². The standard InChI is InChI=1S/C43H33N/c1-43(2)40-28-33(31-17-8-4-9-18-31)25-26-36(40)39-29-41(37-23-12-13-24-38(37)42(39)43)44(34-20-10-5-11-21-34)35-22-14-19-32(27-35)30-15-6-3-7-16-30/h3-29H,1-2H3. The summed E-state index contributed by atoms with van der Waals surface area (Å²) < 4.78 is 0. The van der Waals surface area contributed by atoms with Crippen molar-refractivity contribution in [2.45, 2.75) is 19.3 Å². The van der Waals surface area contributed by atoms with E-state index in [0.29, 0.717) is 0 Å². The molecule has 0 amide bonds. The molecule has 7 aromatic carbocycles. The number of hydrogen-bond acceptors (Lipinski definition) is 1. The predicted molar refractivity (Wildman–Crippen MR) is 187 cm³/mol. The van der Waals surface area contributed by atoms with Gasteiger partial charge in [0.2, 0.25) is 0 Å². The van der Waals surface area contributed by atoms with E-state index in [1.807, 2.05) is 0 Å². The Morgan fingerprint density at radius 1 is 0.409 bits per heavy atom. The summed E-state index contributed by atoms with van der Waals surface area (Å²) in [5, 5.41) is 2.56. The second-order valence-corrected chi connectivity index (χ2v) is 12.2. The molecule has 0 spiro atoms. The third-order valence-electron chi connectivity index (χ3n) is 9.20. The molecule has 0 unspecified atom stereocenters. The molecule has 0 bridgehead atoms. The smallest absolute Gasteiger partial charge is 0.0546 e. The highest BCUT2D eigenvalue weighted by Crippen LogP contribution is 2.55. The van der Waals surface area contributed by atoms with Gasteiger partial charge in [-0.15, -0.1) is 0 Å². The Bertz CT molecular complexity index is 2130. The van der Waals surface area contributed by atoms with Crippen LogP contribution in [0.4, 0.5) is 17.1 Å². The lowest BCUT2D eigenvalue weighted by Crippen LogP contribution is -2.16. The van der Waals surface area contributed by atoms with Gasteiger partial charge < -0.3 is 4.90 Å². The molecule has 0 heterocycles. The van der Waals surface area contributed by atoms with Crippen molar-refractivity contribution < 1.29 is 0 Å². The minimum Gasteiger partial charge on any atom is -0.310 e. The van der Waals surface area contributed by atoms with Gasteiger partial charge in [0.1, 0.15) is 0 Å². The van der Waals surface area contributed by atoms with Crippen molar-refractivity contribution in [3.05, 3.63) is 175 Å². The Hall–Kier alpha value is -5.40. The minimum atomic E-state index is -0.140. The van der Waals surface area contributed by atoms with Gasteiger partial charge in [-0.25, -0.2) is 0 Å². The molecule has 44 heavy (non-hydrogen) atoms. The maximum absolute atomic E-state index is 2.44. The van der Waals surface area contributed by atoms with Crippen LogP contribution in [0.1, 0.15) is 25.0 Å². The van der Waals surface area contributed by atoms with Crippen LogP contribution in [0.15, 0.2) is 164 Å². The first-order chi connectivity index (χ1) is 21.6. The van der Waals surface area contributed by atoms with E-state index >= 15 is 0 Å². The molecule has 0 atom stereocenters. The molecule has 210 valence electrons. The molecule has 1 nitrogen and oxygen atoms in total. The lowest BCUT2D eigenvalue weighted by Gasteiger charge is -2.30. The molecule has 7 aromatic rings. The molecular formula is C43H33N. The first kappa shape index (κ1) is 26.2. The van der Waals surface area contributed by atoms with E-state index in [0.717, 1.165) is 11.4 Å². The average Bonchev–Trinajstić information content (AvgIpc) is 3.32. The third-order valence-corrected chi connectivity index (χ3v) is 9.20. The number of rotatable bonds is 5. The van der Waals surface area contributed by atoms with Crippen molar-refractivity contribution in [1.82, 2.24) is 0 Å². The van der Waals surface area contributed by atoms with E-state index in [9.17, 15) is 0 Å². The first-order valence-electron chi connectivity index (χ1n) is 15.4. The monoisotopic (exact) mass is 563 g/mol. The molecule has 0 N–H and O–H groups in total. The molecule has 0 saturated carbocycles. The van der Waals surface area contributed by atoms with E-state index in [2.05, 4.69) is 183 Å². The fourth-order valence-electron chi connectivity index (χ4n) is 7.13. The van der Waals surface area contributed by atoms with Gasteiger partial charge in [0, 0.05) is 22.2 Å². The Kier molecular flexibility index (Phi) is 6.20. The molecule has 0 saturated heterocycles. The summed E-state index contributed by atoms with van der Waals surface area (Å²) in [5.41, 5.74) is 13.7. The number of para-hydroxylation sites is 1. The summed E-state index contributed by atoms with van der Waals surface area (Å²) in [7, 11) is 0. The number of nitrogens with zero attached hydrogens (tertiary/aromatic N) is 1. The van der Waals surface area contributed by atoms with Crippen LogP contribution in [-0.2, 0) is 5.41 Å². The van der Waals surface area contributed by atoms with Gasteiger partial charge in [0.05, 0.1) is 5.69 Å². The fraction of sp³-hybridized carbons (Fsp3) is 0.0698. The van der Waals surface area contributed by atoms with Gasteiger partial charge in [-0.05, 0) is 86.3 Å². The van der Waals surface area contributed by atoms with Gasteiger partial charge in [0.15, 0.2) is 0 Å². The van der Waals surface area contributed by atoms with E-state index < -0.39 is 0 Å². The Morgan fingerprint density at radius 2 is 0.955 bits per heavy atom. The molecule has 1 aliphatic carbocycles. The topological polar surface area (TPSA) is 3.24 Å². The number of hydrogen-bond donors (Lipinski definition) is 0. The quantitative estimate of drug-likeness (QED) is 0.201. The second-order valence-electron chi connectivity index (χ2n) is 12.2. The molecule has 0 aromatic heterocycles. The maximum atomic E-state index is 2.44. The zero-order valence-corrected chi connectivity index (χ0v) is 25.0. The number of anilines is 3. The molecule has 1 heteroatoms. The summed E-state index contributed by atoms with van der Waals surface area (Å²) in [6.07, 6.45) is 0. The number of fused-ring (bicyclic) bond motifs is 5. The highest BCUT2D eigenvalue weighted by molar-refractivity contribution is 6.07. The van der Waals surface area contributed by atoms with Crippen molar-refractivity contribution in [3.63, 3.8) is 0 Å². The van der Waals surface area contributed by atoms with Crippen molar-refractivity contribution >= 4 is 27.8 Å². The molecule has 1 aliphatic rings. The second kappa shape index (κ2) is 10.4. The van der Waals surface area contributed by atoms with Gasteiger partial charge >= 0.3 is 0 Å². The zero-order valence-electron chi connectivity index (χ0n) is 25.0. The van der Waals surface area contributed by atoms with Crippen LogP contribution >= 0.6 is 0 Å². The van der Waals surface area contributed by atoms with E-state index in [1.165, 1.54) is 61.0 Å². The van der Waals surface area contributed by atoms with Crippen LogP contribution < -0.4 is 4.90 Å². The first-order valence-corrected chi connectivity index (χ1v) is 15.4. The summed E-state index contributed by atoms with van der Waals surface area (Å²) in [5.74, 6) is 0. The minimum absolute atomic E-state index is 0.140. The van der Waals surface area contributed by atoms with Crippen LogP contribution in [0, 0.1) is 0 Å². The Labute approximate surface area is 259 Å². The van der Waals surface area contributed by atoms with Gasteiger partial charge in [-0.2, -0.15) is 0 Å². The summed E-state index contributed by atoms with van der Waals surface area (Å²) >= 11 is 0.